The predicted octanol–water partition coefficient (Wildman–Crippen LogP) is 0.615. The van der Waals surface area contributed by atoms with E-state index in [2.05, 4.69) is 25.6 Å². The minimum atomic E-state index is -0.534. The van der Waals surface area contributed by atoms with Crippen LogP contribution < -0.4 is 10.6 Å². The molecule has 3 rings (SSSR count). The molecule has 0 saturated carbocycles. The Morgan fingerprint density at radius 2 is 2.12 bits per heavy atom. The minimum Gasteiger partial charge on any atom is -0.390 e. The number of morpholine rings is 1. The predicted molar refractivity (Wildman–Crippen MR) is 92.4 cm³/mol. The van der Waals surface area contributed by atoms with E-state index in [0.717, 1.165) is 13.1 Å². The lowest BCUT2D eigenvalue weighted by atomic mass is 10.3. The Morgan fingerprint density at radius 1 is 1.28 bits per heavy atom. The van der Waals surface area contributed by atoms with E-state index < -0.39 is 12.1 Å². The average molecular weight is 346 g/mol. The van der Waals surface area contributed by atoms with Crippen molar-refractivity contribution in [3.05, 3.63) is 36.8 Å². The van der Waals surface area contributed by atoms with Crippen molar-refractivity contribution in [2.24, 2.45) is 0 Å². The van der Waals surface area contributed by atoms with Gasteiger partial charge >= 0.3 is 6.03 Å². The first kappa shape index (κ1) is 17.3. The summed E-state index contributed by atoms with van der Waals surface area (Å²) < 4.78 is 6.90. The molecule has 3 N–H and O–H groups in total. The van der Waals surface area contributed by atoms with Crippen LogP contribution in [0.25, 0.3) is 0 Å². The maximum Gasteiger partial charge on any atom is 0.324 e. The molecule has 0 unspecified atom stereocenters. The van der Waals surface area contributed by atoms with Crippen molar-refractivity contribution >= 4 is 17.5 Å². The second-order valence-electron chi connectivity index (χ2n) is 5.81. The third kappa shape index (κ3) is 5.52. The molecule has 134 valence electrons. The molecule has 1 fully saturated rings. The van der Waals surface area contributed by atoms with Crippen molar-refractivity contribution in [1.29, 1.82) is 0 Å². The van der Waals surface area contributed by atoms with Gasteiger partial charge in [-0.05, 0) is 12.1 Å². The zero-order chi connectivity index (χ0) is 17.5. The molecule has 1 atom stereocenters. The van der Waals surface area contributed by atoms with Crippen LogP contribution in [0.3, 0.4) is 0 Å². The summed E-state index contributed by atoms with van der Waals surface area (Å²) in [5.41, 5.74) is 0.548. The molecular weight excluding hydrogens is 324 g/mol. The molecule has 1 saturated heterocycles. The number of aliphatic hydroxyl groups is 1. The first-order valence-corrected chi connectivity index (χ1v) is 8.19. The molecule has 0 bridgehead atoms. The highest BCUT2D eigenvalue weighted by molar-refractivity contribution is 5.98. The van der Waals surface area contributed by atoms with E-state index in [-0.39, 0.29) is 0 Å². The molecule has 9 nitrogen and oxygen atoms in total. The largest absolute Gasteiger partial charge is 0.390 e. The Bertz CT molecular complexity index is 672. The van der Waals surface area contributed by atoms with Gasteiger partial charge in [-0.2, -0.15) is 5.10 Å². The van der Waals surface area contributed by atoms with E-state index in [4.69, 9.17) is 4.74 Å². The molecule has 1 aliphatic heterocycles. The molecule has 9 heteroatoms. The molecule has 2 aromatic heterocycles. The van der Waals surface area contributed by atoms with Gasteiger partial charge in [0, 0.05) is 32.0 Å². The number of hydrogen-bond acceptors (Lipinski definition) is 6. The van der Waals surface area contributed by atoms with Crippen LogP contribution in [-0.2, 0) is 11.3 Å². The monoisotopic (exact) mass is 346 g/mol. The fraction of sp³-hybridized carbons (Fsp3) is 0.438. The zero-order valence-corrected chi connectivity index (χ0v) is 13.8. The molecule has 2 aromatic rings. The van der Waals surface area contributed by atoms with Gasteiger partial charge < -0.3 is 15.2 Å². The first-order valence-electron chi connectivity index (χ1n) is 8.19. The van der Waals surface area contributed by atoms with Gasteiger partial charge in [-0.1, -0.05) is 6.07 Å². The summed E-state index contributed by atoms with van der Waals surface area (Å²) in [5.74, 6) is 0.466. The van der Waals surface area contributed by atoms with Gasteiger partial charge in [0.05, 0.1) is 37.7 Å². The Labute approximate surface area is 145 Å². The Balaban J connectivity index is 1.45. The standard InChI is InChI=1S/C16H22N6O3/c23-14(11-21-5-7-25-8-6-21)12-22-10-13(9-18-22)19-16(24)20-15-3-1-2-4-17-15/h1-4,9-10,14,23H,5-8,11-12H2,(H2,17,19,20,24)/t14-/m1/s1. The van der Waals surface area contributed by atoms with Crippen LogP contribution in [-0.4, -0.2) is 69.8 Å². The maximum absolute atomic E-state index is 11.9. The zero-order valence-electron chi connectivity index (χ0n) is 13.8. The first-order chi connectivity index (χ1) is 12.2. The Morgan fingerprint density at radius 3 is 2.88 bits per heavy atom. The van der Waals surface area contributed by atoms with Crippen molar-refractivity contribution in [1.82, 2.24) is 19.7 Å². The van der Waals surface area contributed by atoms with E-state index in [9.17, 15) is 9.90 Å². The van der Waals surface area contributed by atoms with Crippen LogP contribution >= 0.6 is 0 Å². The summed E-state index contributed by atoms with van der Waals surface area (Å²) in [6.07, 6.45) is 4.29. The number of ether oxygens (including phenoxy) is 1. The Kier molecular flexibility index (Phi) is 5.94. The lowest BCUT2D eigenvalue weighted by Gasteiger charge is -2.28. The Hall–Kier alpha value is -2.49. The fourth-order valence-electron chi connectivity index (χ4n) is 2.60. The topological polar surface area (TPSA) is 105 Å². The summed E-state index contributed by atoms with van der Waals surface area (Å²) in [5, 5.41) is 19.7. The van der Waals surface area contributed by atoms with Crippen LogP contribution in [0.15, 0.2) is 36.8 Å². The number of nitrogens with one attached hydrogen (secondary N) is 2. The number of hydrogen-bond donors (Lipinski definition) is 3. The summed E-state index contributed by atoms with van der Waals surface area (Å²) in [4.78, 5) is 18.1. The van der Waals surface area contributed by atoms with Gasteiger partial charge in [-0.15, -0.1) is 0 Å². The fourth-order valence-corrected chi connectivity index (χ4v) is 2.60. The van der Waals surface area contributed by atoms with E-state index >= 15 is 0 Å². The van der Waals surface area contributed by atoms with E-state index in [1.807, 2.05) is 0 Å². The van der Waals surface area contributed by atoms with Crippen LogP contribution in [0.2, 0.25) is 0 Å². The second kappa shape index (κ2) is 8.56. The lowest BCUT2D eigenvalue weighted by molar-refractivity contribution is 0.0108. The quantitative estimate of drug-likeness (QED) is 0.708. The molecule has 0 aliphatic carbocycles. The highest BCUT2D eigenvalue weighted by atomic mass is 16.5. The molecule has 2 amide bonds. The summed E-state index contributed by atoms with van der Waals surface area (Å²) in [7, 11) is 0. The van der Waals surface area contributed by atoms with Crippen LogP contribution in [0.1, 0.15) is 0 Å². The van der Waals surface area contributed by atoms with E-state index in [0.29, 0.717) is 37.8 Å². The summed E-state index contributed by atoms with van der Waals surface area (Å²) in [6, 6.07) is 4.86. The van der Waals surface area contributed by atoms with Gasteiger partial charge in [0.25, 0.3) is 0 Å². The molecular formula is C16H22N6O3. The minimum absolute atomic E-state index is 0.362. The van der Waals surface area contributed by atoms with Gasteiger partial charge in [-0.3, -0.25) is 14.9 Å². The smallest absolute Gasteiger partial charge is 0.324 e. The number of aromatic nitrogens is 3. The highest BCUT2D eigenvalue weighted by Gasteiger charge is 2.15. The number of carbonyl (C=O) groups excluding carboxylic acids is 1. The lowest BCUT2D eigenvalue weighted by Crippen LogP contribution is -2.42. The second-order valence-corrected chi connectivity index (χ2v) is 5.81. The molecule has 0 spiro atoms. The third-order valence-corrected chi connectivity index (χ3v) is 3.77. The van der Waals surface area contributed by atoms with E-state index in [1.54, 1.807) is 41.5 Å². The van der Waals surface area contributed by atoms with Crippen molar-refractivity contribution in [2.45, 2.75) is 12.6 Å². The maximum atomic E-state index is 11.9. The van der Waals surface area contributed by atoms with Gasteiger partial charge in [-0.25, -0.2) is 9.78 Å². The number of carbonyl (C=O) groups is 1. The van der Waals surface area contributed by atoms with Crippen LogP contribution in [0, 0.1) is 0 Å². The number of anilines is 2. The molecule has 0 radical (unpaired) electrons. The summed E-state index contributed by atoms with van der Waals surface area (Å²) in [6.45, 7) is 4.00. The van der Waals surface area contributed by atoms with Crippen molar-refractivity contribution in [3.63, 3.8) is 0 Å². The van der Waals surface area contributed by atoms with Crippen LogP contribution in [0.5, 0.6) is 0 Å². The number of nitrogens with zero attached hydrogens (tertiary/aromatic N) is 4. The van der Waals surface area contributed by atoms with Gasteiger partial charge in [0.2, 0.25) is 0 Å². The third-order valence-electron chi connectivity index (χ3n) is 3.77. The van der Waals surface area contributed by atoms with Crippen molar-refractivity contribution in [2.75, 3.05) is 43.5 Å². The number of pyridine rings is 1. The van der Waals surface area contributed by atoms with Crippen LogP contribution in [0.4, 0.5) is 16.3 Å². The molecule has 3 heterocycles. The molecule has 25 heavy (non-hydrogen) atoms. The number of urea groups is 1. The normalized spacial score (nSPS) is 16.4. The van der Waals surface area contributed by atoms with Crippen molar-refractivity contribution in [3.8, 4) is 0 Å². The highest BCUT2D eigenvalue weighted by Crippen LogP contribution is 2.08. The molecule has 0 aromatic carbocycles. The number of aliphatic hydroxyl groups excluding tert-OH is 1. The SMILES string of the molecule is O=C(Nc1cnn(C[C@H](O)CN2CCOCC2)c1)Nc1ccccn1. The van der Waals surface area contributed by atoms with Gasteiger partial charge in [0.1, 0.15) is 5.82 Å². The van der Waals surface area contributed by atoms with Gasteiger partial charge in [0.15, 0.2) is 0 Å². The average Bonchev–Trinajstić information content (AvgIpc) is 3.03. The summed E-state index contributed by atoms with van der Waals surface area (Å²) >= 11 is 0. The van der Waals surface area contributed by atoms with Crippen molar-refractivity contribution < 1.29 is 14.6 Å². The van der Waals surface area contributed by atoms with E-state index in [1.165, 1.54) is 0 Å². The number of amides is 2. The number of β-amino-alcohol motifs (C(OH)–C–C–N with tert-alkyl or cyclic N) is 1. The number of rotatable bonds is 6. The molecule has 1 aliphatic rings.